The maximum absolute atomic E-state index is 13.1. The van der Waals surface area contributed by atoms with Gasteiger partial charge >= 0.3 is 11.9 Å². The lowest BCUT2D eigenvalue weighted by Gasteiger charge is -2.07. The van der Waals surface area contributed by atoms with Crippen molar-refractivity contribution in [2.45, 2.75) is 0 Å². The molecular weight excluding hydrogens is 287 g/mol. The number of hydrogen-bond donors (Lipinski definition) is 2. The smallest absolute Gasteiger partial charge is 0.433 e. The van der Waals surface area contributed by atoms with E-state index in [9.17, 15) is 24.1 Å². The molecule has 21 heavy (non-hydrogen) atoms. The number of carboxylic acid groups (broad SMARTS) is 1. The largest absolute Gasteiger partial charge is 0.478 e. The van der Waals surface area contributed by atoms with Gasteiger partial charge in [0.2, 0.25) is 0 Å². The molecule has 0 aliphatic carbocycles. The molecular formula is C12H7FN2O6. The van der Waals surface area contributed by atoms with Gasteiger partial charge in [-0.15, -0.1) is 0 Å². The molecule has 9 heteroatoms. The van der Waals surface area contributed by atoms with Crippen molar-refractivity contribution in [3.8, 4) is 0 Å². The number of anilines is 1. The lowest BCUT2D eigenvalue weighted by Crippen LogP contribution is -2.14. The third-order valence-electron chi connectivity index (χ3n) is 2.46. The highest BCUT2D eigenvalue weighted by atomic mass is 19.1. The number of hydrogen-bond acceptors (Lipinski definition) is 5. The minimum atomic E-state index is -1.37. The summed E-state index contributed by atoms with van der Waals surface area (Å²) in [6.45, 7) is 0. The Hall–Kier alpha value is -3.23. The lowest BCUT2D eigenvalue weighted by molar-refractivity contribution is -0.402. The Bertz CT molecular complexity index is 739. The van der Waals surface area contributed by atoms with E-state index in [4.69, 9.17) is 5.11 Å². The second-order valence-corrected chi connectivity index (χ2v) is 3.84. The van der Waals surface area contributed by atoms with E-state index in [1.54, 1.807) is 0 Å². The van der Waals surface area contributed by atoms with E-state index in [-0.39, 0.29) is 11.3 Å². The zero-order valence-electron chi connectivity index (χ0n) is 10.2. The molecule has 1 aromatic heterocycles. The number of carboxylic acids is 1. The number of furan rings is 1. The summed E-state index contributed by atoms with van der Waals surface area (Å²) in [4.78, 5) is 32.4. The van der Waals surface area contributed by atoms with Crippen molar-refractivity contribution in [3.63, 3.8) is 0 Å². The second kappa shape index (κ2) is 5.41. The van der Waals surface area contributed by atoms with E-state index in [0.717, 1.165) is 30.3 Å². The molecule has 0 spiro atoms. The molecule has 0 saturated heterocycles. The van der Waals surface area contributed by atoms with Gasteiger partial charge in [-0.25, -0.2) is 9.18 Å². The van der Waals surface area contributed by atoms with E-state index >= 15 is 0 Å². The maximum atomic E-state index is 13.1. The molecule has 0 aliphatic rings. The summed E-state index contributed by atoms with van der Waals surface area (Å²) >= 11 is 0. The van der Waals surface area contributed by atoms with E-state index in [0.29, 0.717) is 0 Å². The van der Waals surface area contributed by atoms with E-state index in [2.05, 4.69) is 9.73 Å². The first-order chi connectivity index (χ1) is 9.88. The van der Waals surface area contributed by atoms with Crippen LogP contribution >= 0.6 is 0 Å². The van der Waals surface area contributed by atoms with E-state index in [1.165, 1.54) is 0 Å². The van der Waals surface area contributed by atoms with Crippen LogP contribution in [0.1, 0.15) is 20.9 Å². The molecule has 2 rings (SSSR count). The predicted octanol–water partition coefficient (Wildman–Crippen LogP) is 2.28. The molecule has 1 heterocycles. The number of rotatable bonds is 4. The Morgan fingerprint density at radius 2 is 2.00 bits per heavy atom. The third kappa shape index (κ3) is 3.03. The van der Waals surface area contributed by atoms with Gasteiger partial charge in [-0.1, -0.05) is 0 Å². The Morgan fingerprint density at radius 3 is 2.57 bits per heavy atom. The van der Waals surface area contributed by atoms with Crippen LogP contribution in [0.2, 0.25) is 0 Å². The molecule has 0 fully saturated rings. The molecule has 2 aromatic rings. The number of benzene rings is 1. The lowest BCUT2D eigenvalue weighted by atomic mass is 10.1. The molecule has 0 bridgehead atoms. The molecule has 0 aliphatic heterocycles. The molecule has 0 radical (unpaired) electrons. The van der Waals surface area contributed by atoms with Crippen LogP contribution in [0.3, 0.4) is 0 Å². The highest BCUT2D eigenvalue weighted by Crippen LogP contribution is 2.20. The van der Waals surface area contributed by atoms with Crippen LogP contribution in [-0.4, -0.2) is 21.9 Å². The zero-order valence-corrected chi connectivity index (χ0v) is 10.2. The van der Waals surface area contributed by atoms with Crippen molar-refractivity contribution in [2.75, 3.05) is 5.32 Å². The maximum Gasteiger partial charge on any atom is 0.433 e. The third-order valence-corrected chi connectivity index (χ3v) is 2.46. The Kier molecular flexibility index (Phi) is 3.65. The number of amides is 1. The number of nitro groups is 1. The number of nitrogens with zero attached hydrogens (tertiary/aromatic N) is 1. The van der Waals surface area contributed by atoms with Crippen LogP contribution in [0.25, 0.3) is 0 Å². The Morgan fingerprint density at radius 1 is 1.29 bits per heavy atom. The number of carbonyl (C=O) groups is 2. The van der Waals surface area contributed by atoms with Crippen molar-refractivity contribution in [3.05, 3.63) is 57.6 Å². The fraction of sp³-hybridized carbons (Fsp3) is 0. The van der Waals surface area contributed by atoms with E-state index < -0.39 is 34.3 Å². The molecule has 0 atom stereocenters. The summed E-state index contributed by atoms with van der Waals surface area (Å²) in [6.07, 6.45) is 0. The quantitative estimate of drug-likeness (QED) is 0.658. The predicted molar refractivity (Wildman–Crippen MR) is 66.7 cm³/mol. The van der Waals surface area contributed by atoms with Crippen LogP contribution in [0.15, 0.2) is 34.7 Å². The van der Waals surface area contributed by atoms with Gasteiger partial charge in [0.15, 0.2) is 5.76 Å². The highest BCUT2D eigenvalue weighted by Gasteiger charge is 2.19. The van der Waals surface area contributed by atoms with Crippen molar-refractivity contribution in [2.24, 2.45) is 0 Å². The highest BCUT2D eigenvalue weighted by molar-refractivity contribution is 6.06. The van der Waals surface area contributed by atoms with Crippen LogP contribution in [-0.2, 0) is 0 Å². The fourth-order valence-corrected chi connectivity index (χ4v) is 1.54. The molecule has 1 amide bonds. The number of aromatic carboxylic acids is 1. The first kappa shape index (κ1) is 14.2. The number of carbonyl (C=O) groups excluding carboxylic acids is 1. The number of halogens is 1. The molecule has 1 aromatic carbocycles. The summed E-state index contributed by atoms with van der Waals surface area (Å²) in [7, 11) is 0. The average Bonchev–Trinajstić information content (AvgIpc) is 2.88. The normalized spacial score (nSPS) is 10.1. The molecule has 108 valence electrons. The average molecular weight is 294 g/mol. The fourth-order valence-electron chi connectivity index (χ4n) is 1.54. The summed E-state index contributed by atoms with van der Waals surface area (Å²) in [5, 5.41) is 21.5. The first-order valence-corrected chi connectivity index (χ1v) is 5.47. The summed E-state index contributed by atoms with van der Waals surface area (Å²) < 4.78 is 17.8. The zero-order chi connectivity index (χ0) is 15.6. The monoisotopic (exact) mass is 294 g/mol. The minimum Gasteiger partial charge on any atom is -0.478 e. The van der Waals surface area contributed by atoms with Crippen molar-refractivity contribution in [1.82, 2.24) is 0 Å². The summed E-state index contributed by atoms with van der Waals surface area (Å²) in [5.41, 5.74) is -0.614. The van der Waals surface area contributed by atoms with E-state index in [1.807, 2.05) is 0 Å². The van der Waals surface area contributed by atoms with Gasteiger partial charge in [0, 0.05) is 0 Å². The first-order valence-electron chi connectivity index (χ1n) is 5.47. The van der Waals surface area contributed by atoms with Crippen LogP contribution < -0.4 is 5.32 Å². The topological polar surface area (TPSA) is 123 Å². The van der Waals surface area contributed by atoms with Crippen molar-refractivity contribution >= 4 is 23.4 Å². The standard InChI is InChI=1S/C12H7FN2O6/c13-6-1-2-7(12(17)18)8(5-6)14-11(16)9-3-4-10(21-9)15(19)20/h1-5H,(H,14,16)(H,17,18). The van der Waals surface area contributed by atoms with Gasteiger partial charge in [-0.05, 0) is 24.3 Å². The second-order valence-electron chi connectivity index (χ2n) is 3.84. The van der Waals surface area contributed by atoms with Gasteiger partial charge < -0.3 is 14.8 Å². The van der Waals surface area contributed by atoms with Crippen molar-refractivity contribution in [1.29, 1.82) is 0 Å². The Balaban J connectivity index is 2.28. The summed E-state index contributed by atoms with van der Waals surface area (Å²) in [5.74, 6) is -4.09. The summed E-state index contributed by atoms with van der Waals surface area (Å²) in [6, 6.07) is 4.75. The van der Waals surface area contributed by atoms with Crippen LogP contribution in [0.4, 0.5) is 16.0 Å². The molecule has 2 N–H and O–H groups in total. The molecule has 8 nitrogen and oxygen atoms in total. The number of nitrogens with one attached hydrogen (secondary N) is 1. The van der Waals surface area contributed by atoms with Crippen molar-refractivity contribution < 1.29 is 28.4 Å². The minimum absolute atomic E-state index is 0.286. The van der Waals surface area contributed by atoms with Gasteiger partial charge in [-0.3, -0.25) is 14.9 Å². The van der Waals surface area contributed by atoms with Gasteiger partial charge in [0.25, 0.3) is 5.91 Å². The van der Waals surface area contributed by atoms with Crippen LogP contribution in [0, 0.1) is 15.9 Å². The Labute approximate surface area is 115 Å². The van der Waals surface area contributed by atoms with Gasteiger partial charge in [0.1, 0.15) is 10.7 Å². The molecule has 0 unspecified atom stereocenters. The van der Waals surface area contributed by atoms with Crippen LogP contribution in [0.5, 0.6) is 0 Å². The SMILES string of the molecule is O=C(Nc1cc(F)ccc1C(=O)O)c1ccc([N+](=O)[O-])o1. The molecule has 0 saturated carbocycles. The van der Waals surface area contributed by atoms with Gasteiger partial charge in [0.05, 0.1) is 17.3 Å². The van der Waals surface area contributed by atoms with Gasteiger partial charge in [-0.2, -0.15) is 0 Å².